The number of anilines is 2. The minimum absolute atomic E-state index is 0.317. The second-order valence-electron chi connectivity index (χ2n) is 3.85. The lowest BCUT2D eigenvalue weighted by Gasteiger charge is -2.06. The van der Waals surface area contributed by atoms with Crippen LogP contribution in [0.3, 0.4) is 0 Å². The van der Waals surface area contributed by atoms with Gasteiger partial charge in [0.15, 0.2) is 0 Å². The SMILES string of the molecule is COC(=O)c1sccc1NC(=O)c1ccc(Cl)c(N)c1. The summed E-state index contributed by atoms with van der Waals surface area (Å²) in [6.45, 7) is 0. The van der Waals surface area contributed by atoms with E-state index >= 15 is 0 Å². The van der Waals surface area contributed by atoms with Crippen LogP contribution in [-0.4, -0.2) is 19.0 Å². The van der Waals surface area contributed by atoms with Crippen molar-refractivity contribution in [3.8, 4) is 0 Å². The second kappa shape index (κ2) is 5.94. The first kappa shape index (κ1) is 14.4. The van der Waals surface area contributed by atoms with Gasteiger partial charge >= 0.3 is 5.97 Å². The van der Waals surface area contributed by atoms with Gasteiger partial charge in [-0.25, -0.2) is 4.79 Å². The number of ether oxygens (including phenoxy) is 1. The van der Waals surface area contributed by atoms with Crippen LogP contribution in [0.1, 0.15) is 20.0 Å². The highest BCUT2D eigenvalue weighted by molar-refractivity contribution is 7.12. The molecule has 104 valence electrons. The number of halogens is 1. The average molecular weight is 311 g/mol. The highest BCUT2D eigenvalue weighted by atomic mass is 35.5. The minimum atomic E-state index is -0.495. The Hall–Kier alpha value is -2.05. The lowest BCUT2D eigenvalue weighted by molar-refractivity contribution is 0.0607. The van der Waals surface area contributed by atoms with Crippen molar-refractivity contribution in [2.24, 2.45) is 0 Å². The molecule has 3 N–H and O–H groups in total. The summed E-state index contributed by atoms with van der Waals surface area (Å²) in [4.78, 5) is 23.9. The molecule has 1 heterocycles. The number of hydrogen-bond acceptors (Lipinski definition) is 5. The number of nitrogens with one attached hydrogen (secondary N) is 1. The molecule has 7 heteroatoms. The molecule has 2 rings (SSSR count). The third kappa shape index (κ3) is 2.92. The Labute approximate surface area is 124 Å². The number of benzene rings is 1. The fraction of sp³-hybridized carbons (Fsp3) is 0.0769. The van der Waals surface area contributed by atoms with Gasteiger partial charge in [0.25, 0.3) is 5.91 Å². The first-order valence-corrected chi connectivity index (χ1v) is 6.81. The van der Waals surface area contributed by atoms with Gasteiger partial charge in [0.05, 0.1) is 23.5 Å². The number of hydrogen-bond donors (Lipinski definition) is 2. The molecule has 0 bridgehead atoms. The van der Waals surface area contributed by atoms with Crippen molar-refractivity contribution >= 4 is 46.2 Å². The van der Waals surface area contributed by atoms with E-state index < -0.39 is 5.97 Å². The van der Waals surface area contributed by atoms with Crippen molar-refractivity contribution in [3.05, 3.63) is 45.1 Å². The van der Waals surface area contributed by atoms with Gasteiger partial charge in [0.2, 0.25) is 0 Å². The van der Waals surface area contributed by atoms with Crippen LogP contribution in [0.15, 0.2) is 29.6 Å². The van der Waals surface area contributed by atoms with Gasteiger partial charge in [-0.05, 0) is 29.6 Å². The van der Waals surface area contributed by atoms with Gasteiger partial charge in [-0.1, -0.05) is 11.6 Å². The number of esters is 1. The van der Waals surface area contributed by atoms with Crippen molar-refractivity contribution in [2.75, 3.05) is 18.2 Å². The molecule has 1 amide bonds. The van der Waals surface area contributed by atoms with E-state index in [1.165, 1.54) is 24.5 Å². The quantitative estimate of drug-likeness (QED) is 0.674. The van der Waals surface area contributed by atoms with Crippen LogP contribution in [0.5, 0.6) is 0 Å². The topological polar surface area (TPSA) is 81.4 Å². The van der Waals surface area contributed by atoms with Crippen LogP contribution < -0.4 is 11.1 Å². The minimum Gasteiger partial charge on any atom is -0.465 e. The summed E-state index contributed by atoms with van der Waals surface area (Å²) < 4.78 is 4.64. The highest BCUT2D eigenvalue weighted by Gasteiger charge is 2.16. The Kier molecular flexibility index (Phi) is 4.26. The zero-order valence-electron chi connectivity index (χ0n) is 10.5. The maximum atomic E-state index is 12.1. The van der Waals surface area contributed by atoms with Gasteiger partial charge in [-0.15, -0.1) is 11.3 Å². The number of carbonyl (C=O) groups is 2. The molecule has 0 saturated heterocycles. The standard InChI is InChI=1S/C13H11ClN2O3S/c1-19-13(18)11-10(4-5-20-11)16-12(17)7-2-3-8(14)9(15)6-7/h2-6H,15H2,1H3,(H,16,17). The average Bonchev–Trinajstić information content (AvgIpc) is 2.89. The number of methoxy groups -OCH3 is 1. The lowest BCUT2D eigenvalue weighted by atomic mass is 10.2. The first-order chi connectivity index (χ1) is 9.52. The predicted molar refractivity (Wildman–Crippen MR) is 79.5 cm³/mol. The van der Waals surface area contributed by atoms with Crippen LogP contribution in [0, 0.1) is 0 Å². The lowest BCUT2D eigenvalue weighted by Crippen LogP contribution is -2.14. The van der Waals surface area contributed by atoms with Crippen molar-refractivity contribution in [2.45, 2.75) is 0 Å². The maximum Gasteiger partial charge on any atom is 0.350 e. The molecule has 1 aromatic carbocycles. The number of carbonyl (C=O) groups excluding carboxylic acids is 2. The zero-order valence-corrected chi connectivity index (χ0v) is 12.0. The highest BCUT2D eigenvalue weighted by Crippen LogP contribution is 2.25. The van der Waals surface area contributed by atoms with E-state index in [0.29, 0.717) is 26.8 Å². The molecular weight excluding hydrogens is 300 g/mol. The number of nitrogen functional groups attached to an aromatic ring is 1. The van der Waals surface area contributed by atoms with Gasteiger partial charge in [0.1, 0.15) is 4.88 Å². The Morgan fingerprint density at radius 3 is 2.75 bits per heavy atom. The van der Waals surface area contributed by atoms with Gasteiger partial charge in [-0.2, -0.15) is 0 Å². The van der Waals surface area contributed by atoms with Crippen LogP contribution in [-0.2, 0) is 4.74 Å². The van der Waals surface area contributed by atoms with E-state index in [9.17, 15) is 9.59 Å². The molecule has 0 spiro atoms. The van der Waals surface area contributed by atoms with E-state index in [1.54, 1.807) is 23.6 Å². The van der Waals surface area contributed by atoms with Crippen molar-refractivity contribution in [3.63, 3.8) is 0 Å². The summed E-state index contributed by atoms with van der Waals surface area (Å²) in [5, 5.41) is 4.72. The maximum absolute atomic E-state index is 12.1. The molecule has 5 nitrogen and oxygen atoms in total. The predicted octanol–water partition coefficient (Wildman–Crippen LogP) is 3.02. The summed E-state index contributed by atoms with van der Waals surface area (Å²) >= 11 is 6.99. The van der Waals surface area contributed by atoms with Crippen molar-refractivity contribution in [1.82, 2.24) is 0 Å². The largest absolute Gasteiger partial charge is 0.465 e. The summed E-state index contributed by atoms with van der Waals surface area (Å²) in [7, 11) is 1.29. The van der Waals surface area contributed by atoms with Crippen LogP contribution in [0.4, 0.5) is 11.4 Å². The number of thiophene rings is 1. The van der Waals surface area contributed by atoms with E-state index in [1.807, 2.05) is 0 Å². The summed E-state index contributed by atoms with van der Waals surface area (Å²) in [5.74, 6) is -0.872. The van der Waals surface area contributed by atoms with Crippen molar-refractivity contribution in [1.29, 1.82) is 0 Å². The molecule has 0 fully saturated rings. The number of nitrogens with two attached hydrogens (primary N) is 1. The van der Waals surface area contributed by atoms with E-state index in [0.717, 1.165) is 0 Å². The number of amides is 1. The normalized spacial score (nSPS) is 10.1. The fourth-order valence-corrected chi connectivity index (χ4v) is 2.42. The molecule has 0 saturated carbocycles. The van der Waals surface area contributed by atoms with Gasteiger partial charge in [0, 0.05) is 5.56 Å². The third-order valence-electron chi connectivity index (χ3n) is 2.54. The Bertz CT molecular complexity index is 669. The Balaban J connectivity index is 2.22. The summed E-state index contributed by atoms with van der Waals surface area (Å²) in [6.07, 6.45) is 0. The molecule has 0 aliphatic rings. The van der Waals surface area contributed by atoms with E-state index in [4.69, 9.17) is 17.3 Å². The zero-order chi connectivity index (χ0) is 14.7. The molecule has 0 radical (unpaired) electrons. The molecular formula is C13H11ClN2O3S. The number of rotatable bonds is 3. The molecule has 1 aromatic heterocycles. The molecule has 2 aromatic rings. The monoisotopic (exact) mass is 310 g/mol. The smallest absolute Gasteiger partial charge is 0.350 e. The third-order valence-corrected chi connectivity index (χ3v) is 3.78. The van der Waals surface area contributed by atoms with E-state index in [-0.39, 0.29) is 5.91 Å². The van der Waals surface area contributed by atoms with E-state index in [2.05, 4.69) is 10.1 Å². The van der Waals surface area contributed by atoms with Crippen LogP contribution in [0.2, 0.25) is 5.02 Å². The van der Waals surface area contributed by atoms with Crippen LogP contribution in [0.25, 0.3) is 0 Å². The Morgan fingerprint density at radius 1 is 1.35 bits per heavy atom. The van der Waals surface area contributed by atoms with Gasteiger partial charge in [-0.3, -0.25) is 4.79 Å². The second-order valence-corrected chi connectivity index (χ2v) is 5.17. The summed E-state index contributed by atoms with van der Waals surface area (Å²) in [6, 6.07) is 6.20. The van der Waals surface area contributed by atoms with Crippen LogP contribution >= 0.6 is 22.9 Å². The molecule has 0 aliphatic carbocycles. The molecule has 0 atom stereocenters. The Morgan fingerprint density at radius 2 is 2.10 bits per heavy atom. The molecule has 0 unspecified atom stereocenters. The summed E-state index contributed by atoms with van der Waals surface area (Å²) in [5.41, 5.74) is 6.72. The first-order valence-electron chi connectivity index (χ1n) is 5.55. The molecule has 20 heavy (non-hydrogen) atoms. The van der Waals surface area contributed by atoms with Crippen molar-refractivity contribution < 1.29 is 14.3 Å². The van der Waals surface area contributed by atoms with Gasteiger partial charge < -0.3 is 15.8 Å². The molecule has 0 aliphatic heterocycles. The fourth-order valence-electron chi connectivity index (χ4n) is 1.54.